The zero-order valence-electron chi connectivity index (χ0n) is 8.77. The molecule has 0 spiro atoms. The first kappa shape index (κ1) is 10.6. The van der Waals surface area contributed by atoms with Gasteiger partial charge in [-0.3, -0.25) is 0 Å². The van der Waals surface area contributed by atoms with Crippen LogP contribution < -0.4 is 5.32 Å². The molecule has 0 amide bonds. The highest BCUT2D eigenvalue weighted by Gasteiger charge is 2.15. The average Bonchev–Trinajstić information content (AvgIpc) is 2.19. The van der Waals surface area contributed by atoms with E-state index in [1.54, 1.807) is 0 Å². The molecule has 0 aromatic carbocycles. The summed E-state index contributed by atoms with van der Waals surface area (Å²) in [5.41, 5.74) is 0. The number of hydrogen-bond acceptors (Lipinski definition) is 2. The van der Waals surface area contributed by atoms with Crippen molar-refractivity contribution in [2.45, 2.75) is 19.8 Å². The third-order valence-electron chi connectivity index (χ3n) is 2.52. The average molecular weight is 180 g/mol. The van der Waals surface area contributed by atoms with Gasteiger partial charge in [-0.1, -0.05) is 18.8 Å². The molecule has 1 saturated heterocycles. The Kier molecular flexibility index (Phi) is 4.88. The molecule has 0 bridgehead atoms. The van der Waals surface area contributed by atoms with Gasteiger partial charge in [0.25, 0.3) is 0 Å². The quantitative estimate of drug-likeness (QED) is 0.636. The topological polar surface area (TPSA) is 15.3 Å². The Morgan fingerprint density at radius 1 is 1.54 bits per heavy atom. The van der Waals surface area contributed by atoms with Gasteiger partial charge in [-0.15, -0.1) is 0 Å². The molecule has 1 aliphatic heterocycles. The molecule has 0 aromatic heterocycles. The Morgan fingerprint density at radius 3 is 3.08 bits per heavy atom. The Balaban J connectivity index is 2.30. The first-order valence-corrected chi connectivity index (χ1v) is 5.22. The first-order valence-electron chi connectivity index (χ1n) is 5.22. The molecule has 1 heterocycles. The minimum absolute atomic E-state index is 0.613. The van der Waals surface area contributed by atoms with E-state index >= 15 is 0 Å². The molecule has 0 aromatic rings. The lowest BCUT2D eigenvalue weighted by molar-refractivity contribution is 0.210. The molecule has 1 N–H and O–H groups in total. The van der Waals surface area contributed by atoms with Crippen molar-refractivity contribution in [2.75, 3.05) is 33.2 Å². The minimum atomic E-state index is 0.613. The van der Waals surface area contributed by atoms with E-state index in [2.05, 4.69) is 29.0 Å². The first-order chi connectivity index (χ1) is 6.36. The third-order valence-corrected chi connectivity index (χ3v) is 2.52. The number of nitrogens with one attached hydrogen (secondary N) is 1. The number of piperidine rings is 1. The van der Waals surface area contributed by atoms with Gasteiger partial charge in [0, 0.05) is 12.5 Å². The van der Waals surface area contributed by atoms with Crippen molar-refractivity contribution in [1.82, 2.24) is 10.2 Å². The van der Waals surface area contributed by atoms with Crippen LogP contribution in [0.1, 0.15) is 19.8 Å². The van der Waals surface area contributed by atoms with Crippen molar-refractivity contribution in [2.24, 2.45) is 5.92 Å². The summed E-state index contributed by atoms with van der Waals surface area (Å²) in [5.74, 6) is 7.11. The second-order valence-corrected chi connectivity index (χ2v) is 3.58. The molecule has 1 fully saturated rings. The largest absolute Gasteiger partial charge is 0.309 e. The molecule has 13 heavy (non-hydrogen) atoms. The van der Waals surface area contributed by atoms with Crippen LogP contribution in [0, 0.1) is 17.8 Å². The van der Waals surface area contributed by atoms with Crippen LogP contribution >= 0.6 is 0 Å². The van der Waals surface area contributed by atoms with Crippen molar-refractivity contribution in [3.8, 4) is 11.8 Å². The summed E-state index contributed by atoms with van der Waals surface area (Å²) in [5, 5.41) is 3.05. The number of hydrogen-bond donors (Lipinski definition) is 1. The summed E-state index contributed by atoms with van der Waals surface area (Å²) in [4.78, 5) is 2.49. The van der Waals surface area contributed by atoms with Crippen molar-refractivity contribution < 1.29 is 0 Å². The predicted octanol–water partition coefficient (Wildman–Crippen LogP) is 0.941. The third kappa shape index (κ3) is 3.80. The highest BCUT2D eigenvalue weighted by Crippen LogP contribution is 2.14. The van der Waals surface area contributed by atoms with Crippen LogP contribution in [0.3, 0.4) is 0 Å². The standard InChI is InChI=1S/C11H20N2/c1-3-13-9-5-7-11(10-13)6-4-8-12-2/h11-12H,3,5,7-10H2,1-2H3. The normalized spacial score (nSPS) is 23.7. The van der Waals surface area contributed by atoms with E-state index in [0.717, 1.165) is 6.54 Å². The molecule has 1 unspecified atom stereocenters. The Morgan fingerprint density at radius 2 is 2.38 bits per heavy atom. The van der Waals surface area contributed by atoms with Crippen LogP contribution in [0.5, 0.6) is 0 Å². The molecule has 0 aliphatic carbocycles. The van der Waals surface area contributed by atoms with Crippen LogP contribution in [0.25, 0.3) is 0 Å². The number of nitrogens with zero attached hydrogens (tertiary/aromatic N) is 1. The summed E-state index contributed by atoms with van der Waals surface area (Å²) in [6, 6.07) is 0. The van der Waals surface area contributed by atoms with Gasteiger partial charge in [-0.2, -0.15) is 0 Å². The highest BCUT2D eigenvalue weighted by molar-refractivity contribution is 5.06. The molecule has 2 nitrogen and oxygen atoms in total. The second-order valence-electron chi connectivity index (χ2n) is 3.58. The summed E-state index contributed by atoms with van der Waals surface area (Å²) in [6.07, 6.45) is 2.60. The molecule has 74 valence electrons. The SMILES string of the molecule is CCN1CCCC(C#CCNC)C1. The fraction of sp³-hybridized carbons (Fsp3) is 0.818. The summed E-state index contributed by atoms with van der Waals surface area (Å²) in [6.45, 7) is 6.66. The molecule has 1 aliphatic rings. The van der Waals surface area contributed by atoms with Gasteiger partial charge in [0.05, 0.1) is 6.54 Å². The van der Waals surface area contributed by atoms with Crippen LogP contribution in [-0.2, 0) is 0 Å². The van der Waals surface area contributed by atoms with Crippen molar-refractivity contribution >= 4 is 0 Å². The van der Waals surface area contributed by atoms with Crippen molar-refractivity contribution in [3.05, 3.63) is 0 Å². The van der Waals surface area contributed by atoms with Crippen LogP contribution in [0.15, 0.2) is 0 Å². The van der Waals surface area contributed by atoms with E-state index in [4.69, 9.17) is 0 Å². The maximum atomic E-state index is 3.33. The van der Waals surface area contributed by atoms with Crippen molar-refractivity contribution in [3.63, 3.8) is 0 Å². The number of rotatable bonds is 2. The van der Waals surface area contributed by atoms with Gasteiger partial charge < -0.3 is 10.2 Å². The van der Waals surface area contributed by atoms with E-state index in [-0.39, 0.29) is 0 Å². The monoisotopic (exact) mass is 180 g/mol. The second kappa shape index (κ2) is 6.01. The van der Waals surface area contributed by atoms with Gasteiger partial charge in [0.2, 0.25) is 0 Å². The van der Waals surface area contributed by atoms with Gasteiger partial charge in [0.15, 0.2) is 0 Å². The maximum absolute atomic E-state index is 3.33. The molecule has 1 rings (SSSR count). The minimum Gasteiger partial charge on any atom is -0.309 e. The zero-order chi connectivity index (χ0) is 9.52. The lowest BCUT2D eigenvalue weighted by Crippen LogP contribution is -2.34. The maximum Gasteiger partial charge on any atom is 0.0574 e. The molecule has 1 atom stereocenters. The molecular formula is C11H20N2. The lowest BCUT2D eigenvalue weighted by Gasteiger charge is -2.28. The fourth-order valence-corrected chi connectivity index (χ4v) is 1.74. The van der Waals surface area contributed by atoms with E-state index in [1.807, 2.05) is 7.05 Å². The van der Waals surface area contributed by atoms with E-state index in [0.29, 0.717) is 5.92 Å². The lowest BCUT2D eigenvalue weighted by atomic mass is 9.99. The number of likely N-dealkylation sites (tertiary alicyclic amines) is 1. The van der Waals surface area contributed by atoms with Gasteiger partial charge in [-0.25, -0.2) is 0 Å². The van der Waals surface area contributed by atoms with E-state index < -0.39 is 0 Å². The smallest absolute Gasteiger partial charge is 0.0574 e. The van der Waals surface area contributed by atoms with E-state index in [9.17, 15) is 0 Å². The summed E-state index contributed by atoms with van der Waals surface area (Å²) in [7, 11) is 1.94. The van der Waals surface area contributed by atoms with Crippen LogP contribution in [0.4, 0.5) is 0 Å². The van der Waals surface area contributed by atoms with Crippen molar-refractivity contribution in [1.29, 1.82) is 0 Å². The zero-order valence-corrected chi connectivity index (χ0v) is 8.77. The van der Waals surface area contributed by atoms with Gasteiger partial charge >= 0.3 is 0 Å². The summed E-state index contributed by atoms with van der Waals surface area (Å²) < 4.78 is 0. The molecule has 0 radical (unpaired) electrons. The van der Waals surface area contributed by atoms with Gasteiger partial charge in [0.1, 0.15) is 0 Å². The van der Waals surface area contributed by atoms with Gasteiger partial charge in [-0.05, 0) is 33.0 Å². The van der Waals surface area contributed by atoms with E-state index in [1.165, 1.54) is 32.5 Å². The fourth-order valence-electron chi connectivity index (χ4n) is 1.74. The van der Waals surface area contributed by atoms with Crippen LogP contribution in [-0.4, -0.2) is 38.1 Å². The predicted molar refractivity (Wildman–Crippen MR) is 56.5 cm³/mol. The Hall–Kier alpha value is -0.520. The highest BCUT2D eigenvalue weighted by atomic mass is 15.1. The molecular weight excluding hydrogens is 160 g/mol. The van der Waals surface area contributed by atoms with Crippen LogP contribution in [0.2, 0.25) is 0 Å². The molecule has 0 saturated carbocycles. The Bertz CT molecular complexity index is 190. The summed E-state index contributed by atoms with van der Waals surface area (Å²) >= 11 is 0. The Labute approximate surface area is 81.7 Å². The molecule has 2 heteroatoms.